The minimum atomic E-state index is -0.361. The third-order valence-corrected chi connectivity index (χ3v) is 5.90. The number of hydrogen-bond acceptors (Lipinski definition) is 4. The first-order valence-corrected chi connectivity index (χ1v) is 9.58. The Labute approximate surface area is 147 Å². The summed E-state index contributed by atoms with van der Waals surface area (Å²) in [6.45, 7) is 1.94. The van der Waals surface area contributed by atoms with E-state index in [1.807, 2.05) is 31.2 Å². The molecule has 0 radical (unpaired) electrons. The number of methoxy groups -OCH3 is 1. The van der Waals surface area contributed by atoms with Crippen LogP contribution in [-0.2, 0) is 9.59 Å². The quantitative estimate of drug-likeness (QED) is 0.888. The number of para-hydroxylation sites is 1. The van der Waals surface area contributed by atoms with E-state index in [0.29, 0.717) is 11.6 Å². The van der Waals surface area contributed by atoms with Crippen LogP contribution in [0.25, 0.3) is 0 Å². The fraction of sp³-hybridized carbons (Fsp3) is 0.556. The van der Waals surface area contributed by atoms with Gasteiger partial charge in [-0.15, -0.1) is 11.8 Å². The molecule has 1 heterocycles. The van der Waals surface area contributed by atoms with E-state index in [9.17, 15) is 9.59 Å². The number of thioether (sulfide) groups is 1. The lowest BCUT2D eigenvalue weighted by atomic mass is 9.84. The van der Waals surface area contributed by atoms with Gasteiger partial charge < -0.3 is 15.0 Å². The van der Waals surface area contributed by atoms with Crippen LogP contribution in [0.1, 0.15) is 37.8 Å². The highest BCUT2D eigenvalue weighted by atomic mass is 32.2. The van der Waals surface area contributed by atoms with Crippen LogP contribution in [0, 0.1) is 5.92 Å². The first-order chi connectivity index (χ1) is 11.6. The van der Waals surface area contributed by atoms with E-state index in [1.54, 1.807) is 23.8 Å². The Hall–Kier alpha value is -1.69. The van der Waals surface area contributed by atoms with Crippen molar-refractivity contribution < 1.29 is 14.3 Å². The van der Waals surface area contributed by atoms with Gasteiger partial charge in [0, 0.05) is 17.2 Å². The molecule has 0 aromatic heterocycles. The fourth-order valence-electron chi connectivity index (χ4n) is 3.18. The van der Waals surface area contributed by atoms with Crippen molar-refractivity contribution in [1.82, 2.24) is 10.2 Å². The molecule has 1 saturated carbocycles. The topological polar surface area (TPSA) is 58.6 Å². The summed E-state index contributed by atoms with van der Waals surface area (Å²) in [7, 11) is 1.63. The molecule has 1 aliphatic heterocycles. The number of ether oxygens (including phenoxy) is 1. The van der Waals surface area contributed by atoms with Crippen molar-refractivity contribution in [2.45, 2.75) is 38.3 Å². The molecule has 3 rings (SSSR count). The standard InChI is InChI=1S/C18H24N2O3S/c1-12(14-8-3-4-9-16(14)23-2)19-17(21)15-10-24-11-20(15)18(22)13-6-5-7-13/h3-4,8-9,12-13,15H,5-7,10-11H2,1-2H3,(H,19,21)/t12-,15+/m1/s1. The lowest BCUT2D eigenvalue weighted by molar-refractivity contribution is -0.143. The first-order valence-electron chi connectivity index (χ1n) is 8.43. The van der Waals surface area contributed by atoms with E-state index in [1.165, 1.54) is 0 Å². The summed E-state index contributed by atoms with van der Waals surface area (Å²) < 4.78 is 5.37. The van der Waals surface area contributed by atoms with Crippen molar-refractivity contribution in [2.75, 3.05) is 18.7 Å². The molecule has 0 spiro atoms. The molecule has 0 unspecified atom stereocenters. The van der Waals surface area contributed by atoms with Gasteiger partial charge in [0.05, 0.1) is 19.0 Å². The van der Waals surface area contributed by atoms with Gasteiger partial charge in [-0.3, -0.25) is 9.59 Å². The predicted octanol–water partition coefficient (Wildman–Crippen LogP) is 2.57. The Morgan fingerprint density at radius 1 is 1.33 bits per heavy atom. The molecule has 1 aliphatic carbocycles. The Kier molecular flexibility index (Phi) is 5.33. The van der Waals surface area contributed by atoms with Crippen molar-refractivity contribution in [2.24, 2.45) is 5.92 Å². The third kappa shape index (κ3) is 3.38. The summed E-state index contributed by atoms with van der Waals surface area (Å²) in [6.07, 6.45) is 3.05. The van der Waals surface area contributed by atoms with Gasteiger partial charge in [0.25, 0.3) is 0 Å². The average molecular weight is 348 g/mol. The number of nitrogens with one attached hydrogen (secondary N) is 1. The molecule has 1 saturated heterocycles. The zero-order valence-corrected chi connectivity index (χ0v) is 15.0. The minimum Gasteiger partial charge on any atom is -0.496 e. The molecule has 2 aliphatic rings. The minimum absolute atomic E-state index is 0.0777. The number of benzene rings is 1. The van der Waals surface area contributed by atoms with Crippen LogP contribution < -0.4 is 10.1 Å². The number of carbonyl (C=O) groups excluding carboxylic acids is 2. The molecule has 130 valence electrons. The Morgan fingerprint density at radius 2 is 2.08 bits per heavy atom. The van der Waals surface area contributed by atoms with Crippen LogP contribution >= 0.6 is 11.8 Å². The Bertz CT molecular complexity index is 618. The number of amides is 2. The van der Waals surface area contributed by atoms with Crippen LogP contribution in [0.3, 0.4) is 0 Å². The van der Waals surface area contributed by atoms with Crippen molar-refractivity contribution >= 4 is 23.6 Å². The molecule has 1 N–H and O–H groups in total. The maximum absolute atomic E-state index is 12.7. The zero-order chi connectivity index (χ0) is 17.1. The van der Waals surface area contributed by atoms with Crippen molar-refractivity contribution in [3.05, 3.63) is 29.8 Å². The fourth-order valence-corrected chi connectivity index (χ4v) is 4.34. The molecule has 1 aromatic carbocycles. The van der Waals surface area contributed by atoms with Gasteiger partial charge in [0.2, 0.25) is 11.8 Å². The molecule has 24 heavy (non-hydrogen) atoms. The molecule has 0 bridgehead atoms. The van der Waals surface area contributed by atoms with Gasteiger partial charge in [-0.1, -0.05) is 24.6 Å². The van der Waals surface area contributed by atoms with Crippen LogP contribution in [-0.4, -0.2) is 41.5 Å². The molecule has 6 heteroatoms. The van der Waals surface area contributed by atoms with Crippen LogP contribution in [0.5, 0.6) is 5.75 Å². The van der Waals surface area contributed by atoms with Crippen LogP contribution in [0.15, 0.2) is 24.3 Å². The molecule has 5 nitrogen and oxygen atoms in total. The van der Waals surface area contributed by atoms with Crippen molar-refractivity contribution in [3.63, 3.8) is 0 Å². The smallest absolute Gasteiger partial charge is 0.244 e. The van der Waals surface area contributed by atoms with Gasteiger partial charge >= 0.3 is 0 Å². The monoisotopic (exact) mass is 348 g/mol. The Balaban J connectivity index is 1.66. The van der Waals surface area contributed by atoms with Crippen LogP contribution in [0.2, 0.25) is 0 Å². The summed E-state index contributed by atoms with van der Waals surface area (Å²) in [4.78, 5) is 27.0. The van der Waals surface area contributed by atoms with Gasteiger partial charge in [0.15, 0.2) is 0 Å². The van der Waals surface area contributed by atoms with E-state index in [2.05, 4.69) is 5.32 Å². The van der Waals surface area contributed by atoms with E-state index in [-0.39, 0.29) is 29.8 Å². The van der Waals surface area contributed by atoms with E-state index >= 15 is 0 Å². The van der Waals surface area contributed by atoms with Crippen LogP contribution in [0.4, 0.5) is 0 Å². The SMILES string of the molecule is COc1ccccc1[C@@H](C)NC(=O)[C@@H]1CSCN1C(=O)C1CCC1. The summed E-state index contributed by atoms with van der Waals surface area (Å²) in [5.74, 6) is 2.25. The number of rotatable bonds is 5. The second-order valence-electron chi connectivity index (χ2n) is 6.42. The second kappa shape index (κ2) is 7.47. The largest absolute Gasteiger partial charge is 0.496 e. The van der Waals surface area contributed by atoms with Gasteiger partial charge in [-0.2, -0.15) is 0 Å². The number of hydrogen-bond donors (Lipinski definition) is 1. The highest BCUT2D eigenvalue weighted by Gasteiger charge is 2.39. The van der Waals surface area contributed by atoms with Gasteiger partial charge in [0.1, 0.15) is 11.8 Å². The summed E-state index contributed by atoms with van der Waals surface area (Å²) in [6, 6.07) is 7.14. The molecular weight excluding hydrogens is 324 g/mol. The van der Waals surface area contributed by atoms with E-state index in [4.69, 9.17) is 4.74 Å². The first kappa shape index (κ1) is 17.1. The molecule has 1 aromatic rings. The summed E-state index contributed by atoms with van der Waals surface area (Å²) in [5.41, 5.74) is 0.941. The summed E-state index contributed by atoms with van der Waals surface area (Å²) >= 11 is 1.65. The van der Waals surface area contributed by atoms with Crippen molar-refractivity contribution in [1.29, 1.82) is 0 Å². The number of nitrogens with zero attached hydrogens (tertiary/aromatic N) is 1. The highest BCUT2D eigenvalue weighted by molar-refractivity contribution is 7.99. The summed E-state index contributed by atoms with van der Waals surface area (Å²) in [5, 5.41) is 3.05. The number of carbonyl (C=O) groups is 2. The Morgan fingerprint density at radius 3 is 2.75 bits per heavy atom. The highest BCUT2D eigenvalue weighted by Crippen LogP contribution is 2.32. The molecule has 2 fully saturated rings. The third-order valence-electron chi connectivity index (χ3n) is 4.89. The molecular formula is C18H24N2O3S. The average Bonchev–Trinajstić information content (AvgIpc) is 3.02. The lowest BCUT2D eigenvalue weighted by Crippen LogP contribution is -2.50. The van der Waals surface area contributed by atoms with E-state index in [0.717, 1.165) is 30.6 Å². The molecule has 2 amide bonds. The second-order valence-corrected chi connectivity index (χ2v) is 7.42. The predicted molar refractivity (Wildman–Crippen MR) is 94.9 cm³/mol. The van der Waals surface area contributed by atoms with Gasteiger partial charge in [-0.05, 0) is 25.8 Å². The maximum Gasteiger partial charge on any atom is 0.244 e. The van der Waals surface area contributed by atoms with Crippen molar-refractivity contribution in [3.8, 4) is 5.75 Å². The maximum atomic E-state index is 12.7. The normalized spacial score (nSPS) is 21.9. The van der Waals surface area contributed by atoms with Gasteiger partial charge in [-0.25, -0.2) is 0 Å². The zero-order valence-electron chi connectivity index (χ0n) is 14.2. The van der Waals surface area contributed by atoms with E-state index < -0.39 is 0 Å². The lowest BCUT2D eigenvalue weighted by Gasteiger charge is -2.32. The molecule has 2 atom stereocenters.